The lowest BCUT2D eigenvalue weighted by molar-refractivity contribution is 0.0667. The number of rotatable bonds is 1. The van der Waals surface area contributed by atoms with Crippen molar-refractivity contribution < 1.29 is 14.3 Å². The molecule has 3 N–H and O–H groups in total. The van der Waals surface area contributed by atoms with Gasteiger partial charge < -0.3 is 15.3 Å². The van der Waals surface area contributed by atoms with Crippen molar-refractivity contribution in [2.45, 2.75) is 0 Å². The fourth-order valence-corrected chi connectivity index (χ4v) is 1.55. The van der Waals surface area contributed by atoms with Crippen LogP contribution in [-0.2, 0) is 0 Å². The Labute approximate surface area is 70.6 Å². The van der Waals surface area contributed by atoms with E-state index in [0.29, 0.717) is 10.3 Å². The van der Waals surface area contributed by atoms with Crippen LogP contribution in [0.3, 0.4) is 0 Å². The third-order valence-corrected chi connectivity index (χ3v) is 2.14. The maximum atomic E-state index is 10.5. The predicted octanol–water partition coefficient (Wildman–Crippen LogP) is 1.17. The van der Waals surface area contributed by atoms with Gasteiger partial charge in [0.2, 0.25) is 10.7 Å². The Bertz CT molecular complexity index is 445. The van der Waals surface area contributed by atoms with Crippen molar-refractivity contribution in [1.29, 1.82) is 0 Å². The van der Waals surface area contributed by atoms with Crippen molar-refractivity contribution in [2.24, 2.45) is 0 Å². The summed E-state index contributed by atoms with van der Waals surface area (Å²) in [5, 5.41) is 9.16. The Morgan fingerprint density at radius 3 is 3.08 bits per heavy atom. The number of furan rings is 1. The third kappa shape index (κ3) is 0.782. The first-order valence-corrected chi connectivity index (χ1v) is 3.83. The van der Waals surface area contributed by atoms with Gasteiger partial charge in [-0.25, -0.2) is 4.79 Å². The minimum atomic E-state index is -1.16. The summed E-state index contributed by atoms with van der Waals surface area (Å²) in [4.78, 5) is 10.9. The second kappa shape index (κ2) is 2.21. The number of hydrogen-bond acceptors (Lipinski definition) is 5. The molecule has 12 heavy (non-hydrogen) atoms. The Balaban J connectivity index is 2.78. The van der Waals surface area contributed by atoms with Crippen molar-refractivity contribution in [3.8, 4) is 0 Å². The van der Waals surface area contributed by atoms with Gasteiger partial charge in [0.1, 0.15) is 0 Å². The maximum Gasteiger partial charge on any atom is 0.374 e. The molecule has 0 unspecified atom stereocenters. The van der Waals surface area contributed by atoms with Gasteiger partial charge >= 0.3 is 5.97 Å². The van der Waals surface area contributed by atoms with Gasteiger partial charge in [-0.15, -0.1) is 0 Å². The van der Waals surface area contributed by atoms with E-state index in [0.717, 1.165) is 11.5 Å². The Kier molecular flexibility index (Phi) is 1.31. The zero-order valence-corrected chi connectivity index (χ0v) is 6.59. The number of fused-ring (bicyclic) bond motifs is 1. The van der Waals surface area contributed by atoms with Crippen LogP contribution in [-0.4, -0.2) is 15.4 Å². The third-order valence-electron chi connectivity index (χ3n) is 1.46. The van der Waals surface area contributed by atoms with Crippen LogP contribution < -0.4 is 5.73 Å². The number of nitrogen functional groups attached to an aromatic ring is 1. The van der Waals surface area contributed by atoms with Gasteiger partial charge in [-0.2, -0.15) is 4.37 Å². The average Bonchev–Trinajstić information content (AvgIpc) is 2.53. The zero-order valence-electron chi connectivity index (χ0n) is 5.77. The molecule has 0 amide bonds. The molecule has 2 aromatic heterocycles. The molecule has 0 bridgehead atoms. The quantitative estimate of drug-likeness (QED) is 0.694. The van der Waals surface area contributed by atoms with E-state index in [1.54, 1.807) is 0 Å². The van der Waals surface area contributed by atoms with Crippen molar-refractivity contribution in [3.63, 3.8) is 0 Å². The molecule has 5 nitrogen and oxygen atoms in total. The van der Waals surface area contributed by atoms with Crippen LogP contribution >= 0.6 is 11.5 Å². The molecule has 0 aliphatic carbocycles. The Hall–Kier alpha value is -1.56. The highest BCUT2D eigenvalue weighted by Gasteiger charge is 2.18. The predicted molar refractivity (Wildman–Crippen MR) is 43.3 cm³/mol. The standard InChI is InChI=1S/C6H4N2O3S/c7-3-2-1-8-12-6(2)11-4(3)5(9)10/h1H,7H2,(H,9,10). The van der Waals surface area contributed by atoms with E-state index in [-0.39, 0.29) is 11.4 Å². The molecular weight excluding hydrogens is 180 g/mol. The fourth-order valence-electron chi connectivity index (χ4n) is 0.911. The lowest BCUT2D eigenvalue weighted by Crippen LogP contribution is -1.98. The summed E-state index contributed by atoms with van der Waals surface area (Å²) in [5.41, 5.74) is 5.62. The van der Waals surface area contributed by atoms with Gasteiger partial charge in [0, 0.05) is 11.5 Å². The van der Waals surface area contributed by atoms with E-state index in [2.05, 4.69) is 4.37 Å². The molecule has 0 atom stereocenters. The van der Waals surface area contributed by atoms with Crippen molar-refractivity contribution in [3.05, 3.63) is 12.0 Å². The van der Waals surface area contributed by atoms with Crippen molar-refractivity contribution in [2.75, 3.05) is 5.73 Å². The first kappa shape index (κ1) is 7.11. The molecule has 0 saturated carbocycles. The van der Waals surface area contributed by atoms with E-state index >= 15 is 0 Å². The minimum absolute atomic E-state index is 0.145. The molecule has 2 heterocycles. The van der Waals surface area contributed by atoms with E-state index < -0.39 is 5.97 Å². The van der Waals surface area contributed by atoms with E-state index in [9.17, 15) is 4.79 Å². The number of aromatic carboxylic acids is 1. The minimum Gasteiger partial charge on any atom is -0.475 e. The number of carbonyl (C=O) groups is 1. The molecule has 0 aliphatic rings. The van der Waals surface area contributed by atoms with Crippen LogP contribution in [0.5, 0.6) is 0 Å². The number of anilines is 1. The van der Waals surface area contributed by atoms with Crippen LogP contribution in [0.1, 0.15) is 10.6 Å². The topological polar surface area (TPSA) is 89.4 Å². The Morgan fingerprint density at radius 2 is 2.50 bits per heavy atom. The zero-order chi connectivity index (χ0) is 8.72. The summed E-state index contributed by atoms with van der Waals surface area (Å²) in [5.74, 6) is -1.37. The van der Waals surface area contributed by atoms with Crippen LogP contribution in [0.2, 0.25) is 0 Å². The normalized spacial score (nSPS) is 10.7. The molecule has 0 aromatic carbocycles. The summed E-state index contributed by atoms with van der Waals surface area (Å²) in [7, 11) is 0. The highest BCUT2D eigenvalue weighted by molar-refractivity contribution is 7.12. The van der Waals surface area contributed by atoms with E-state index in [1.807, 2.05) is 0 Å². The monoisotopic (exact) mass is 184 g/mol. The Morgan fingerprint density at radius 1 is 1.75 bits per heavy atom. The maximum absolute atomic E-state index is 10.5. The number of nitrogens with zero attached hydrogens (tertiary/aromatic N) is 1. The lowest BCUT2D eigenvalue weighted by atomic mass is 10.3. The molecule has 2 rings (SSSR count). The number of carboxylic acids is 1. The lowest BCUT2D eigenvalue weighted by Gasteiger charge is -1.87. The number of nitrogens with two attached hydrogens (primary N) is 1. The largest absolute Gasteiger partial charge is 0.475 e. The van der Waals surface area contributed by atoms with Crippen molar-refractivity contribution >= 4 is 33.5 Å². The van der Waals surface area contributed by atoms with Gasteiger partial charge in [0.05, 0.1) is 17.3 Å². The molecule has 0 radical (unpaired) electrons. The summed E-state index contributed by atoms with van der Waals surface area (Å²) in [6, 6.07) is 0. The van der Waals surface area contributed by atoms with Gasteiger partial charge in [0.25, 0.3) is 0 Å². The number of carboxylic acid groups (broad SMARTS) is 1. The van der Waals surface area contributed by atoms with Crippen LogP contribution in [0.15, 0.2) is 10.6 Å². The van der Waals surface area contributed by atoms with Gasteiger partial charge in [-0.05, 0) is 0 Å². The second-order valence-corrected chi connectivity index (χ2v) is 2.94. The first-order chi connectivity index (χ1) is 5.70. The average molecular weight is 184 g/mol. The smallest absolute Gasteiger partial charge is 0.374 e. The van der Waals surface area contributed by atoms with Crippen molar-refractivity contribution in [1.82, 2.24) is 4.37 Å². The summed E-state index contributed by atoms with van der Waals surface area (Å²) < 4.78 is 8.73. The molecule has 0 saturated heterocycles. The molecule has 62 valence electrons. The van der Waals surface area contributed by atoms with Crippen LogP contribution in [0.4, 0.5) is 5.69 Å². The second-order valence-electron chi connectivity index (χ2n) is 2.18. The van der Waals surface area contributed by atoms with E-state index in [1.165, 1.54) is 6.20 Å². The summed E-state index contributed by atoms with van der Waals surface area (Å²) >= 11 is 1.08. The van der Waals surface area contributed by atoms with Crippen LogP contribution in [0, 0.1) is 0 Å². The molecule has 2 aromatic rings. The molecule has 0 spiro atoms. The van der Waals surface area contributed by atoms with Gasteiger partial charge in [-0.3, -0.25) is 0 Å². The van der Waals surface area contributed by atoms with Gasteiger partial charge in [0.15, 0.2) is 0 Å². The highest BCUT2D eigenvalue weighted by atomic mass is 32.1. The first-order valence-electron chi connectivity index (χ1n) is 3.06. The molecular formula is C6H4N2O3S. The van der Waals surface area contributed by atoms with E-state index in [4.69, 9.17) is 15.3 Å². The number of aromatic nitrogens is 1. The molecule has 6 heteroatoms. The summed E-state index contributed by atoms with van der Waals surface area (Å²) in [6.07, 6.45) is 1.49. The molecule has 0 aliphatic heterocycles. The van der Waals surface area contributed by atoms with Crippen LogP contribution in [0.25, 0.3) is 10.3 Å². The molecule has 0 fully saturated rings. The number of hydrogen-bond donors (Lipinski definition) is 2. The SMILES string of the molecule is Nc1c(C(=O)O)oc2sncc12. The van der Waals surface area contributed by atoms with Gasteiger partial charge in [-0.1, -0.05) is 0 Å². The highest BCUT2D eigenvalue weighted by Crippen LogP contribution is 2.30. The summed E-state index contributed by atoms with van der Waals surface area (Å²) in [6.45, 7) is 0. The fraction of sp³-hybridized carbons (Fsp3) is 0.